The van der Waals surface area contributed by atoms with Crippen LogP contribution in [0.5, 0.6) is 5.75 Å². The van der Waals surface area contributed by atoms with Gasteiger partial charge in [0.2, 0.25) is 11.8 Å². The van der Waals surface area contributed by atoms with E-state index in [1.54, 1.807) is 0 Å². The van der Waals surface area contributed by atoms with E-state index in [0.29, 0.717) is 13.2 Å². The molecule has 0 saturated carbocycles. The van der Waals surface area contributed by atoms with Crippen molar-refractivity contribution < 1.29 is 14.3 Å². The summed E-state index contributed by atoms with van der Waals surface area (Å²) in [5.41, 5.74) is 0.917. The van der Waals surface area contributed by atoms with Crippen LogP contribution in [-0.2, 0) is 9.59 Å². The molecule has 2 amide bonds. The molecule has 2 rings (SSSR count). The quantitative estimate of drug-likeness (QED) is 0.690. The van der Waals surface area contributed by atoms with Crippen molar-refractivity contribution in [1.29, 1.82) is 0 Å². The third-order valence-corrected chi connectivity index (χ3v) is 3.62. The minimum absolute atomic E-state index is 0.0951. The van der Waals surface area contributed by atoms with Gasteiger partial charge in [0.15, 0.2) is 0 Å². The Bertz CT molecular complexity index is 659. The second-order valence-electron chi connectivity index (χ2n) is 5.73. The molecular weight excluding hydrogens is 316 g/mol. The normalized spacial score (nSPS) is 11.4. The van der Waals surface area contributed by atoms with E-state index in [-0.39, 0.29) is 24.3 Å². The molecule has 0 fully saturated rings. The minimum Gasteiger partial charge on any atom is -0.494 e. The number of benzene rings is 2. The van der Waals surface area contributed by atoms with Crippen LogP contribution < -0.4 is 15.4 Å². The zero-order valence-electron chi connectivity index (χ0n) is 14.4. The van der Waals surface area contributed by atoms with Gasteiger partial charge in [-0.2, -0.15) is 0 Å². The van der Waals surface area contributed by atoms with Crippen molar-refractivity contribution in [3.05, 3.63) is 66.2 Å². The van der Waals surface area contributed by atoms with E-state index in [1.165, 1.54) is 6.92 Å². The number of nitrogens with one attached hydrogen (secondary N) is 2. The van der Waals surface area contributed by atoms with Crippen LogP contribution in [0.3, 0.4) is 0 Å². The molecule has 0 heterocycles. The van der Waals surface area contributed by atoms with Crippen molar-refractivity contribution in [2.45, 2.75) is 25.8 Å². The smallest absolute Gasteiger partial charge is 0.222 e. The van der Waals surface area contributed by atoms with E-state index in [0.717, 1.165) is 17.7 Å². The van der Waals surface area contributed by atoms with Crippen molar-refractivity contribution in [2.24, 2.45) is 0 Å². The largest absolute Gasteiger partial charge is 0.494 e. The monoisotopic (exact) mass is 340 g/mol. The number of hydrogen-bond acceptors (Lipinski definition) is 3. The molecule has 1 unspecified atom stereocenters. The second-order valence-corrected chi connectivity index (χ2v) is 5.73. The Morgan fingerprint density at radius 2 is 1.64 bits per heavy atom. The van der Waals surface area contributed by atoms with Gasteiger partial charge in [-0.1, -0.05) is 48.5 Å². The topological polar surface area (TPSA) is 67.4 Å². The maximum atomic E-state index is 12.1. The van der Waals surface area contributed by atoms with Gasteiger partial charge >= 0.3 is 0 Å². The van der Waals surface area contributed by atoms with Crippen molar-refractivity contribution in [2.75, 3.05) is 13.2 Å². The maximum absolute atomic E-state index is 12.1. The van der Waals surface area contributed by atoms with Crippen molar-refractivity contribution >= 4 is 11.8 Å². The van der Waals surface area contributed by atoms with Crippen LogP contribution in [0.25, 0.3) is 0 Å². The van der Waals surface area contributed by atoms with Crippen LogP contribution in [0, 0.1) is 0 Å². The highest BCUT2D eigenvalue weighted by molar-refractivity contribution is 5.79. The summed E-state index contributed by atoms with van der Waals surface area (Å²) in [5, 5.41) is 5.70. The zero-order chi connectivity index (χ0) is 17.9. The predicted octanol–water partition coefficient (Wildman–Crippen LogP) is 2.84. The lowest BCUT2D eigenvalue weighted by Gasteiger charge is -2.18. The molecule has 2 N–H and O–H groups in total. The Balaban J connectivity index is 1.72. The molecule has 5 nitrogen and oxygen atoms in total. The molecule has 0 aromatic heterocycles. The van der Waals surface area contributed by atoms with Crippen LogP contribution in [0.4, 0.5) is 0 Å². The number of carbonyl (C=O) groups is 2. The van der Waals surface area contributed by atoms with E-state index < -0.39 is 0 Å². The third-order valence-electron chi connectivity index (χ3n) is 3.62. The molecule has 2 aromatic rings. The Morgan fingerprint density at radius 1 is 1.00 bits per heavy atom. The van der Waals surface area contributed by atoms with Gasteiger partial charge < -0.3 is 15.4 Å². The fraction of sp³-hybridized carbons (Fsp3) is 0.300. The number of hydrogen-bond donors (Lipinski definition) is 2. The number of ether oxygens (including phenoxy) is 1. The summed E-state index contributed by atoms with van der Waals surface area (Å²) in [7, 11) is 0. The fourth-order valence-corrected chi connectivity index (χ4v) is 2.45. The average molecular weight is 340 g/mol. The molecule has 0 aliphatic rings. The van der Waals surface area contributed by atoms with Gasteiger partial charge in [0.25, 0.3) is 0 Å². The highest BCUT2D eigenvalue weighted by Gasteiger charge is 2.16. The Morgan fingerprint density at radius 3 is 2.28 bits per heavy atom. The van der Waals surface area contributed by atoms with E-state index >= 15 is 0 Å². The summed E-state index contributed by atoms with van der Waals surface area (Å²) in [4.78, 5) is 23.5. The molecule has 0 saturated heterocycles. The van der Waals surface area contributed by atoms with Gasteiger partial charge in [-0.25, -0.2) is 0 Å². The lowest BCUT2D eigenvalue weighted by molar-refractivity contribution is -0.122. The fourth-order valence-electron chi connectivity index (χ4n) is 2.45. The average Bonchev–Trinajstić information content (AvgIpc) is 2.62. The van der Waals surface area contributed by atoms with Crippen LogP contribution in [-0.4, -0.2) is 25.0 Å². The van der Waals surface area contributed by atoms with Gasteiger partial charge in [-0.15, -0.1) is 0 Å². The molecule has 0 radical (unpaired) electrons. The first-order valence-electron chi connectivity index (χ1n) is 8.42. The molecule has 0 spiro atoms. The van der Waals surface area contributed by atoms with E-state index in [4.69, 9.17) is 4.74 Å². The molecule has 0 aliphatic carbocycles. The van der Waals surface area contributed by atoms with Gasteiger partial charge in [-0.05, 0) is 24.1 Å². The predicted molar refractivity (Wildman–Crippen MR) is 97.2 cm³/mol. The molecule has 1 atom stereocenters. The van der Waals surface area contributed by atoms with Crippen molar-refractivity contribution in [1.82, 2.24) is 10.6 Å². The van der Waals surface area contributed by atoms with Crippen LogP contribution in [0.1, 0.15) is 31.4 Å². The Kier molecular flexibility index (Phi) is 7.50. The number of rotatable bonds is 9. The van der Waals surface area contributed by atoms with Gasteiger partial charge in [0, 0.05) is 13.5 Å². The first-order valence-corrected chi connectivity index (χ1v) is 8.42. The standard InChI is InChI=1S/C20H24N2O3/c1-16(23)22-19(17-9-4-2-5-10-17)15-20(24)21-13-8-14-25-18-11-6-3-7-12-18/h2-7,9-12,19H,8,13-15H2,1H3,(H,21,24)(H,22,23). The highest BCUT2D eigenvalue weighted by Crippen LogP contribution is 2.16. The Hall–Kier alpha value is -2.82. The van der Waals surface area contributed by atoms with Crippen molar-refractivity contribution in [3.63, 3.8) is 0 Å². The van der Waals surface area contributed by atoms with Gasteiger partial charge in [-0.3, -0.25) is 9.59 Å². The van der Waals surface area contributed by atoms with Crippen LogP contribution in [0.2, 0.25) is 0 Å². The lowest BCUT2D eigenvalue weighted by atomic mass is 10.0. The maximum Gasteiger partial charge on any atom is 0.222 e. The first-order chi connectivity index (χ1) is 12.1. The molecule has 2 aromatic carbocycles. The molecular formula is C20H24N2O3. The number of amides is 2. The minimum atomic E-state index is -0.320. The summed E-state index contributed by atoms with van der Waals surface area (Å²) >= 11 is 0. The molecule has 5 heteroatoms. The molecule has 0 bridgehead atoms. The van der Waals surface area contributed by atoms with Gasteiger partial charge in [0.05, 0.1) is 19.1 Å². The van der Waals surface area contributed by atoms with E-state index in [9.17, 15) is 9.59 Å². The molecule has 25 heavy (non-hydrogen) atoms. The van der Waals surface area contributed by atoms with E-state index in [1.807, 2.05) is 60.7 Å². The summed E-state index contributed by atoms with van der Waals surface area (Å²) < 4.78 is 5.58. The zero-order valence-corrected chi connectivity index (χ0v) is 14.4. The third kappa shape index (κ3) is 7.08. The SMILES string of the molecule is CC(=O)NC(CC(=O)NCCCOc1ccccc1)c1ccccc1. The van der Waals surface area contributed by atoms with Gasteiger partial charge in [0.1, 0.15) is 5.75 Å². The summed E-state index contributed by atoms with van der Waals surface area (Å²) in [5.74, 6) is 0.573. The summed E-state index contributed by atoms with van der Waals surface area (Å²) in [6.45, 7) is 2.53. The lowest BCUT2D eigenvalue weighted by Crippen LogP contribution is -2.33. The molecule has 0 aliphatic heterocycles. The summed E-state index contributed by atoms with van der Waals surface area (Å²) in [6.07, 6.45) is 0.930. The second kappa shape index (κ2) is 10.1. The highest BCUT2D eigenvalue weighted by atomic mass is 16.5. The van der Waals surface area contributed by atoms with E-state index in [2.05, 4.69) is 10.6 Å². The van der Waals surface area contributed by atoms with Crippen LogP contribution in [0.15, 0.2) is 60.7 Å². The Labute approximate surface area is 148 Å². The van der Waals surface area contributed by atoms with Crippen LogP contribution >= 0.6 is 0 Å². The first kappa shape index (κ1) is 18.5. The summed E-state index contributed by atoms with van der Waals surface area (Å²) in [6, 6.07) is 18.7. The number of carbonyl (C=O) groups excluding carboxylic acids is 2. The van der Waals surface area contributed by atoms with Crippen molar-refractivity contribution in [3.8, 4) is 5.75 Å². The molecule has 132 valence electrons. The number of para-hydroxylation sites is 1.